The summed E-state index contributed by atoms with van der Waals surface area (Å²) in [6, 6.07) is 5.46. The minimum Gasteiger partial charge on any atom is -0.354 e. The number of H-pyrrole nitrogens is 1. The van der Waals surface area contributed by atoms with Crippen molar-refractivity contribution in [1.29, 1.82) is 0 Å². The van der Waals surface area contributed by atoms with E-state index in [9.17, 15) is 4.79 Å². The summed E-state index contributed by atoms with van der Waals surface area (Å²) in [5.41, 5.74) is 3.40. The van der Waals surface area contributed by atoms with Gasteiger partial charge in [-0.25, -0.2) is 9.97 Å². The summed E-state index contributed by atoms with van der Waals surface area (Å²) in [7, 11) is 3.96. The van der Waals surface area contributed by atoms with Gasteiger partial charge in [-0.05, 0) is 25.1 Å². The minimum absolute atomic E-state index is 0.0727. The molecule has 0 aliphatic rings. The van der Waals surface area contributed by atoms with Gasteiger partial charge in [-0.15, -0.1) is 11.3 Å². The van der Waals surface area contributed by atoms with Crippen LogP contribution in [0.25, 0.3) is 11.0 Å². The number of anilines is 1. The number of aryl methyl sites for hydroxylation is 1. The van der Waals surface area contributed by atoms with E-state index in [4.69, 9.17) is 0 Å². The van der Waals surface area contributed by atoms with Crippen LogP contribution in [0.15, 0.2) is 24.5 Å². The quantitative estimate of drug-likeness (QED) is 0.754. The number of fused-ring (bicyclic) bond motifs is 1. The number of amides is 1. The van der Waals surface area contributed by atoms with E-state index >= 15 is 0 Å². The molecule has 0 spiro atoms. The second kappa shape index (κ2) is 6.37. The second-order valence-corrected chi connectivity index (χ2v) is 6.60. The Hall–Kier alpha value is -2.41. The summed E-state index contributed by atoms with van der Waals surface area (Å²) in [5.74, 6) is -0.0727. The van der Waals surface area contributed by atoms with Gasteiger partial charge in [0.15, 0.2) is 5.13 Å². The topological polar surface area (TPSA) is 73.9 Å². The van der Waals surface area contributed by atoms with E-state index in [2.05, 4.69) is 20.3 Å². The van der Waals surface area contributed by atoms with E-state index in [-0.39, 0.29) is 5.91 Å². The molecule has 0 radical (unpaired) electrons. The molecule has 120 valence electrons. The van der Waals surface area contributed by atoms with Gasteiger partial charge < -0.3 is 15.2 Å². The van der Waals surface area contributed by atoms with Gasteiger partial charge in [-0.2, -0.15) is 0 Å². The highest BCUT2D eigenvalue weighted by Crippen LogP contribution is 2.24. The number of nitrogens with one attached hydrogen (secondary N) is 2. The molecule has 1 amide bonds. The molecule has 0 unspecified atom stereocenters. The van der Waals surface area contributed by atoms with Gasteiger partial charge in [0.05, 0.1) is 23.1 Å². The number of hydrogen-bond donors (Lipinski definition) is 2. The monoisotopic (exact) mass is 329 g/mol. The van der Waals surface area contributed by atoms with Gasteiger partial charge in [0.2, 0.25) is 0 Å². The summed E-state index contributed by atoms with van der Waals surface area (Å²) in [6.45, 7) is 2.60. The van der Waals surface area contributed by atoms with Crippen molar-refractivity contribution in [2.24, 2.45) is 0 Å². The molecular formula is C16H19N5OS. The maximum Gasteiger partial charge on any atom is 0.251 e. The van der Waals surface area contributed by atoms with E-state index in [0.29, 0.717) is 12.1 Å². The average Bonchev–Trinajstić information content (AvgIpc) is 3.13. The summed E-state index contributed by atoms with van der Waals surface area (Å²) in [5, 5.41) is 3.96. The van der Waals surface area contributed by atoms with Crippen LogP contribution in [0.1, 0.15) is 20.9 Å². The highest BCUT2D eigenvalue weighted by atomic mass is 32.1. The molecule has 7 heteroatoms. The molecule has 1 aromatic carbocycles. The number of benzene rings is 1. The molecule has 0 aliphatic carbocycles. The van der Waals surface area contributed by atoms with Crippen LogP contribution in [0.5, 0.6) is 0 Å². The van der Waals surface area contributed by atoms with Crippen LogP contribution in [0.2, 0.25) is 0 Å². The standard InChI is InChI=1S/C16H19N5OS/c1-10-14(23-16(20-10)21(2)3)6-7-17-15(22)11-4-5-12-13(8-11)19-9-18-12/h4-5,8-9H,6-7H2,1-3H3,(H,17,22)(H,18,19). The van der Waals surface area contributed by atoms with Gasteiger partial charge in [0, 0.05) is 37.5 Å². The van der Waals surface area contributed by atoms with Crippen molar-refractivity contribution in [2.75, 3.05) is 25.5 Å². The van der Waals surface area contributed by atoms with Crippen LogP contribution in [-0.2, 0) is 6.42 Å². The van der Waals surface area contributed by atoms with Gasteiger partial charge in [-0.1, -0.05) is 0 Å². The first-order chi connectivity index (χ1) is 11.0. The van der Waals surface area contributed by atoms with Gasteiger partial charge >= 0.3 is 0 Å². The Morgan fingerprint density at radius 1 is 1.39 bits per heavy atom. The molecule has 2 heterocycles. The molecule has 0 atom stereocenters. The van der Waals surface area contributed by atoms with Crippen LogP contribution < -0.4 is 10.2 Å². The van der Waals surface area contributed by atoms with Crippen LogP contribution in [0.3, 0.4) is 0 Å². The van der Waals surface area contributed by atoms with Crippen LogP contribution in [0, 0.1) is 6.92 Å². The summed E-state index contributed by atoms with van der Waals surface area (Å²) in [4.78, 5) is 27.1. The smallest absolute Gasteiger partial charge is 0.251 e. The third-order valence-corrected chi connectivity index (χ3v) is 4.97. The third-order valence-electron chi connectivity index (χ3n) is 3.58. The molecular weight excluding hydrogens is 310 g/mol. The maximum atomic E-state index is 12.2. The first-order valence-corrected chi connectivity index (χ1v) is 8.21. The number of aromatic nitrogens is 3. The van der Waals surface area contributed by atoms with Crippen molar-refractivity contribution < 1.29 is 4.79 Å². The zero-order valence-corrected chi connectivity index (χ0v) is 14.2. The number of carbonyl (C=O) groups excluding carboxylic acids is 1. The zero-order valence-electron chi connectivity index (χ0n) is 13.4. The van der Waals surface area contributed by atoms with E-state index in [1.165, 1.54) is 4.88 Å². The normalized spacial score (nSPS) is 10.9. The number of imidazole rings is 1. The Morgan fingerprint density at radius 3 is 2.96 bits per heavy atom. The van der Waals surface area contributed by atoms with Crippen LogP contribution in [0.4, 0.5) is 5.13 Å². The lowest BCUT2D eigenvalue weighted by molar-refractivity contribution is 0.0954. The fourth-order valence-electron chi connectivity index (χ4n) is 2.30. The number of carbonyl (C=O) groups is 1. The van der Waals surface area contributed by atoms with Crippen molar-refractivity contribution in [1.82, 2.24) is 20.3 Å². The second-order valence-electron chi connectivity index (χ2n) is 5.54. The Bertz CT molecular complexity index is 836. The van der Waals surface area contributed by atoms with Crippen LogP contribution >= 0.6 is 11.3 Å². The predicted molar refractivity (Wildman–Crippen MR) is 93.3 cm³/mol. The molecule has 23 heavy (non-hydrogen) atoms. The van der Waals surface area contributed by atoms with Crippen molar-refractivity contribution in [3.63, 3.8) is 0 Å². The molecule has 2 aromatic heterocycles. The lowest BCUT2D eigenvalue weighted by atomic mass is 10.2. The summed E-state index contributed by atoms with van der Waals surface area (Å²) >= 11 is 1.67. The highest BCUT2D eigenvalue weighted by molar-refractivity contribution is 7.15. The van der Waals surface area contributed by atoms with Crippen molar-refractivity contribution in [2.45, 2.75) is 13.3 Å². The van der Waals surface area contributed by atoms with Gasteiger partial charge in [-0.3, -0.25) is 4.79 Å². The Kier molecular flexibility index (Phi) is 4.29. The lowest BCUT2D eigenvalue weighted by Crippen LogP contribution is -2.25. The first-order valence-electron chi connectivity index (χ1n) is 7.39. The lowest BCUT2D eigenvalue weighted by Gasteiger charge is -2.06. The minimum atomic E-state index is -0.0727. The molecule has 2 N–H and O–H groups in total. The van der Waals surface area contributed by atoms with E-state index in [1.807, 2.05) is 38.1 Å². The summed E-state index contributed by atoms with van der Waals surface area (Å²) in [6.07, 6.45) is 2.41. The maximum absolute atomic E-state index is 12.2. The first kappa shape index (κ1) is 15.5. The Morgan fingerprint density at radius 2 is 2.22 bits per heavy atom. The largest absolute Gasteiger partial charge is 0.354 e. The molecule has 3 rings (SSSR count). The SMILES string of the molecule is Cc1nc(N(C)C)sc1CCNC(=O)c1ccc2nc[nH]c2c1. The average molecular weight is 329 g/mol. The molecule has 0 bridgehead atoms. The van der Waals surface area contributed by atoms with Gasteiger partial charge in [0.25, 0.3) is 5.91 Å². The molecule has 0 saturated heterocycles. The number of nitrogens with zero attached hydrogens (tertiary/aromatic N) is 3. The van der Waals surface area contributed by atoms with E-state index < -0.39 is 0 Å². The fraction of sp³-hybridized carbons (Fsp3) is 0.312. The Labute approximate surface area is 138 Å². The fourth-order valence-corrected chi connectivity index (χ4v) is 3.29. The third kappa shape index (κ3) is 3.34. The molecule has 3 aromatic rings. The zero-order chi connectivity index (χ0) is 16.4. The van der Waals surface area contributed by atoms with Gasteiger partial charge in [0.1, 0.15) is 0 Å². The Balaban J connectivity index is 1.60. The molecule has 0 fully saturated rings. The van der Waals surface area contributed by atoms with Crippen molar-refractivity contribution >= 4 is 33.4 Å². The van der Waals surface area contributed by atoms with E-state index in [0.717, 1.165) is 28.3 Å². The number of thiazole rings is 1. The van der Waals surface area contributed by atoms with Crippen molar-refractivity contribution in [3.8, 4) is 0 Å². The molecule has 6 nitrogen and oxygen atoms in total. The van der Waals surface area contributed by atoms with Crippen molar-refractivity contribution in [3.05, 3.63) is 40.7 Å². The molecule has 0 aliphatic heterocycles. The van der Waals surface area contributed by atoms with E-state index in [1.54, 1.807) is 23.7 Å². The predicted octanol–water partition coefficient (Wildman–Crippen LogP) is 2.37. The van der Waals surface area contributed by atoms with Crippen LogP contribution in [-0.4, -0.2) is 41.5 Å². The number of hydrogen-bond acceptors (Lipinski definition) is 5. The number of rotatable bonds is 5. The number of aromatic amines is 1. The highest BCUT2D eigenvalue weighted by Gasteiger charge is 2.10. The molecule has 0 saturated carbocycles. The summed E-state index contributed by atoms with van der Waals surface area (Å²) < 4.78 is 0.